The molecule has 0 spiro atoms. The van der Waals surface area contributed by atoms with Crippen LogP contribution in [0.1, 0.15) is 30.0 Å². The highest BCUT2D eigenvalue weighted by atomic mass is 19.1. The van der Waals surface area contributed by atoms with Gasteiger partial charge in [-0.3, -0.25) is 9.59 Å². The molecule has 2 amide bonds. The first-order chi connectivity index (χ1) is 12.4. The van der Waals surface area contributed by atoms with Crippen LogP contribution in [-0.4, -0.2) is 24.9 Å². The lowest BCUT2D eigenvalue weighted by Crippen LogP contribution is -2.34. The van der Waals surface area contributed by atoms with Gasteiger partial charge in [0.05, 0.1) is 0 Å². The van der Waals surface area contributed by atoms with Gasteiger partial charge in [0.1, 0.15) is 5.82 Å². The van der Waals surface area contributed by atoms with Gasteiger partial charge in [-0.1, -0.05) is 35.9 Å². The Kier molecular flexibility index (Phi) is 6.89. The van der Waals surface area contributed by atoms with Crippen molar-refractivity contribution in [3.63, 3.8) is 0 Å². The summed E-state index contributed by atoms with van der Waals surface area (Å²) in [5, 5.41) is 2.78. The Bertz CT molecular complexity index is 789. The summed E-state index contributed by atoms with van der Waals surface area (Å²) in [4.78, 5) is 25.7. The van der Waals surface area contributed by atoms with Crippen molar-refractivity contribution < 1.29 is 14.0 Å². The van der Waals surface area contributed by atoms with Crippen LogP contribution in [0.5, 0.6) is 0 Å². The molecule has 0 aliphatic rings. The van der Waals surface area contributed by atoms with Gasteiger partial charge < -0.3 is 10.2 Å². The smallest absolute Gasteiger partial charge is 0.223 e. The maximum absolute atomic E-state index is 13.6. The summed E-state index contributed by atoms with van der Waals surface area (Å²) in [7, 11) is 0. The molecule has 26 heavy (non-hydrogen) atoms. The molecule has 0 saturated carbocycles. The number of amides is 2. The zero-order valence-electron chi connectivity index (χ0n) is 15.5. The number of rotatable bonds is 7. The van der Waals surface area contributed by atoms with Gasteiger partial charge in [-0.05, 0) is 43.5 Å². The monoisotopic (exact) mass is 356 g/mol. The lowest BCUT2D eigenvalue weighted by Gasteiger charge is -2.23. The standard InChI is InChI=1S/C21H25FN2O2/c1-15-8-9-20(16(2)14-15)24(17(3)25)13-11-21(26)23-12-10-18-6-4-5-7-19(18)22/h4-9,14H,10-13H2,1-3H3,(H,23,26). The molecule has 5 heteroatoms. The van der Waals surface area contributed by atoms with Crippen LogP contribution in [0.15, 0.2) is 42.5 Å². The molecule has 138 valence electrons. The van der Waals surface area contributed by atoms with Gasteiger partial charge >= 0.3 is 0 Å². The van der Waals surface area contributed by atoms with E-state index in [1.807, 2.05) is 32.0 Å². The second-order valence-electron chi connectivity index (χ2n) is 6.40. The van der Waals surface area contributed by atoms with Crippen molar-refractivity contribution >= 4 is 17.5 Å². The van der Waals surface area contributed by atoms with Gasteiger partial charge in [0.2, 0.25) is 11.8 Å². The summed E-state index contributed by atoms with van der Waals surface area (Å²) in [5.41, 5.74) is 3.52. The number of aryl methyl sites for hydroxylation is 2. The number of anilines is 1. The van der Waals surface area contributed by atoms with Gasteiger partial charge in [0, 0.05) is 32.1 Å². The molecule has 2 aromatic rings. The van der Waals surface area contributed by atoms with Crippen LogP contribution in [0, 0.1) is 19.7 Å². The molecular weight excluding hydrogens is 331 g/mol. The third kappa shape index (κ3) is 5.41. The Morgan fingerprint density at radius 1 is 1.12 bits per heavy atom. The van der Waals surface area contributed by atoms with E-state index in [0.717, 1.165) is 16.8 Å². The zero-order chi connectivity index (χ0) is 19.1. The lowest BCUT2D eigenvalue weighted by atomic mass is 10.1. The van der Waals surface area contributed by atoms with Crippen LogP contribution in [0.3, 0.4) is 0 Å². The minimum Gasteiger partial charge on any atom is -0.356 e. The molecule has 0 fully saturated rings. The van der Waals surface area contributed by atoms with Crippen molar-refractivity contribution in [3.8, 4) is 0 Å². The van der Waals surface area contributed by atoms with Gasteiger partial charge in [0.25, 0.3) is 0 Å². The SMILES string of the molecule is CC(=O)N(CCC(=O)NCCc1ccccc1F)c1ccc(C)cc1C. The second-order valence-corrected chi connectivity index (χ2v) is 6.40. The quantitative estimate of drug-likeness (QED) is 0.825. The molecule has 0 heterocycles. The summed E-state index contributed by atoms with van der Waals surface area (Å²) < 4.78 is 13.6. The van der Waals surface area contributed by atoms with E-state index in [-0.39, 0.29) is 24.1 Å². The summed E-state index contributed by atoms with van der Waals surface area (Å²) in [6.07, 6.45) is 0.635. The van der Waals surface area contributed by atoms with E-state index in [1.54, 1.807) is 23.1 Å². The predicted octanol–water partition coefficient (Wildman–Crippen LogP) is 3.54. The highest BCUT2D eigenvalue weighted by Crippen LogP contribution is 2.21. The van der Waals surface area contributed by atoms with Crippen LogP contribution < -0.4 is 10.2 Å². The van der Waals surface area contributed by atoms with Gasteiger partial charge in [0.15, 0.2) is 0 Å². The normalized spacial score (nSPS) is 10.5. The fourth-order valence-electron chi connectivity index (χ4n) is 2.90. The number of halogens is 1. The van der Waals surface area contributed by atoms with Crippen LogP contribution in [-0.2, 0) is 16.0 Å². The highest BCUT2D eigenvalue weighted by molar-refractivity contribution is 5.93. The summed E-state index contributed by atoms with van der Waals surface area (Å²) in [5.74, 6) is -0.521. The van der Waals surface area contributed by atoms with E-state index in [9.17, 15) is 14.0 Å². The number of nitrogens with one attached hydrogen (secondary N) is 1. The number of carbonyl (C=O) groups is 2. The number of hydrogen-bond donors (Lipinski definition) is 1. The Morgan fingerprint density at radius 3 is 2.50 bits per heavy atom. The van der Waals surface area contributed by atoms with E-state index < -0.39 is 0 Å². The fourth-order valence-corrected chi connectivity index (χ4v) is 2.90. The summed E-state index contributed by atoms with van der Waals surface area (Å²) >= 11 is 0. The maximum Gasteiger partial charge on any atom is 0.223 e. The molecule has 4 nitrogen and oxygen atoms in total. The van der Waals surface area contributed by atoms with Gasteiger partial charge in [-0.2, -0.15) is 0 Å². The molecule has 1 N–H and O–H groups in total. The molecule has 2 rings (SSSR count). The first-order valence-electron chi connectivity index (χ1n) is 8.74. The molecule has 0 aliphatic carbocycles. The predicted molar refractivity (Wildman–Crippen MR) is 102 cm³/mol. The lowest BCUT2D eigenvalue weighted by molar-refractivity contribution is -0.121. The van der Waals surface area contributed by atoms with Gasteiger partial charge in [-0.15, -0.1) is 0 Å². The van der Waals surface area contributed by atoms with Crippen molar-refractivity contribution in [2.24, 2.45) is 0 Å². The number of benzene rings is 2. The Balaban J connectivity index is 1.87. The number of nitrogens with zero attached hydrogens (tertiary/aromatic N) is 1. The molecule has 0 saturated heterocycles. The first kappa shape index (κ1) is 19.6. The fraction of sp³-hybridized carbons (Fsp3) is 0.333. The average Bonchev–Trinajstić information content (AvgIpc) is 2.58. The van der Waals surface area contributed by atoms with E-state index in [2.05, 4.69) is 5.32 Å². The molecule has 2 aromatic carbocycles. The van der Waals surface area contributed by atoms with Crippen LogP contribution >= 0.6 is 0 Å². The highest BCUT2D eigenvalue weighted by Gasteiger charge is 2.15. The average molecular weight is 356 g/mol. The summed E-state index contributed by atoms with van der Waals surface area (Å²) in [6, 6.07) is 12.4. The third-order valence-electron chi connectivity index (χ3n) is 4.26. The van der Waals surface area contributed by atoms with E-state index in [1.165, 1.54) is 13.0 Å². The summed E-state index contributed by atoms with van der Waals surface area (Å²) in [6.45, 7) is 6.12. The van der Waals surface area contributed by atoms with E-state index in [0.29, 0.717) is 25.1 Å². The minimum atomic E-state index is -0.264. The van der Waals surface area contributed by atoms with Gasteiger partial charge in [-0.25, -0.2) is 4.39 Å². The molecule has 0 aromatic heterocycles. The van der Waals surface area contributed by atoms with E-state index >= 15 is 0 Å². The molecule has 0 unspecified atom stereocenters. The van der Waals surface area contributed by atoms with Crippen LogP contribution in [0.2, 0.25) is 0 Å². The largest absolute Gasteiger partial charge is 0.356 e. The van der Waals surface area contributed by atoms with E-state index in [4.69, 9.17) is 0 Å². The van der Waals surface area contributed by atoms with Crippen molar-refractivity contribution in [2.45, 2.75) is 33.6 Å². The Hall–Kier alpha value is -2.69. The zero-order valence-corrected chi connectivity index (χ0v) is 15.5. The van der Waals surface area contributed by atoms with Crippen LogP contribution in [0.25, 0.3) is 0 Å². The van der Waals surface area contributed by atoms with Crippen molar-refractivity contribution in [2.75, 3.05) is 18.0 Å². The van der Waals surface area contributed by atoms with Crippen molar-refractivity contribution in [1.82, 2.24) is 5.32 Å². The molecule has 0 bridgehead atoms. The number of hydrogen-bond acceptors (Lipinski definition) is 2. The third-order valence-corrected chi connectivity index (χ3v) is 4.26. The minimum absolute atomic E-state index is 0.101. The number of carbonyl (C=O) groups excluding carboxylic acids is 2. The topological polar surface area (TPSA) is 49.4 Å². The molecular formula is C21H25FN2O2. The van der Waals surface area contributed by atoms with Crippen molar-refractivity contribution in [1.29, 1.82) is 0 Å². The van der Waals surface area contributed by atoms with Crippen molar-refractivity contribution in [3.05, 3.63) is 65.0 Å². The second kappa shape index (κ2) is 9.13. The maximum atomic E-state index is 13.6. The Morgan fingerprint density at radius 2 is 1.85 bits per heavy atom. The molecule has 0 radical (unpaired) electrons. The molecule has 0 atom stereocenters. The Labute approximate surface area is 154 Å². The first-order valence-corrected chi connectivity index (χ1v) is 8.74. The molecule has 0 aliphatic heterocycles. The van der Waals surface area contributed by atoms with Crippen LogP contribution in [0.4, 0.5) is 10.1 Å².